The molecule has 0 bridgehead atoms. The molecule has 0 spiro atoms. The van der Waals surface area contributed by atoms with Crippen molar-refractivity contribution in [1.82, 2.24) is 0 Å². The minimum Gasteiger partial charge on any atom is -0.374 e. The van der Waals surface area contributed by atoms with Gasteiger partial charge in [-0.1, -0.05) is 28.1 Å². The zero-order valence-electron chi connectivity index (χ0n) is 10.8. The van der Waals surface area contributed by atoms with Crippen LogP contribution in [0.15, 0.2) is 29.2 Å². The summed E-state index contributed by atoms with van der Waals surface area (Å²) in [6, 6.07) is 5.17. The van der Waals surface area contributed by atoms with E-state index in [1.54, 1.807) is 4.90 Å². The fourth-order valence-corrected chi connectivity index (χ4v) is 3.47. The van der Waals surface area contributed by atoms with Gasteiger partial charge in [0, 0.05) is 18.4 Å². The van der Waals surface area contributed by atoms with Crippen molar-refractivity contribution in [3.05, 3.63) is 24.3 Å². The number of sulfone groups is 1. The Morgan fingerprint density at radius 2 is 2.00 bits per heavy atom. The molecule has 1 heterocycles. The lowest BCUT2D eigenvalue weighted by atomic mass is 10.2. The Labute approximate surface area is 128 Å². The molecule has 1 aromatic rings. The highest BCUT2D eigenvalue weighted by Crippen LogP contribution is 2.36. The Morgan fingerprint density at radius 1 is 1.33 bits per heavy atom. The first kappa shape index (κ1) is 16.6. The highest BCUT2D eigenvalue weighted by molar-refractivity contribution is 9.09. The third-order valence-corrected chi connectivity index (χ3v) is 5.37. The van der Waals surface area contributed by atoms with Gasteiger partial charge in [0.2, 0.25) is 0 Å². The number of hydrogen-bond acceptors (Lipinski definition) is 4. The molecule has 4 nitrogen and oxygen atoms in total. The van der Waals surface area contributed by atoms with E-state index in [-0.39, 0.29) is 11.8 Å². The predicted molar refractivity (Wildman–Crippen MR) is 75.4 cm³/mol. The van der Waals surface area contributed by atoms with Crippen molar-refractivity contribution in [2.24, 2.45) is 0 Å². The normalized spacial score (nSPS) is 20.6. The van der Waals surface area contributed by atoms with Crippen LogP contribution >= 0.6 is 15.9 Å². The van der Waals surface area contributed by atoms with Crippen LogP contribution in [-0.2, 0) is 14.6 Å². The number of rotatable bonds is 3. The molecule has 21 heavy (non-hydrogen) atoms. The van der Waals surface area contributed by atoms with Gasteiger partial charge >= 0.3 is 5.51 Å². The van der Waals surface area contributed by atoms with Gasteiger partial charge in [-0.15, -0.1) is 0 Å². The summed E-state index contributed by atoms with van der Waals surface area (Å²) in [5.74, 6) is 0. The number of nitrogens with zero attached hydrogens (tertiary/aromatic N) is 1. The highest BCUT2D eigenvalue weighted by Gasteiger charge is 2.48. The minimum absolute atomic E-state index is 0.0593. The van der Waals surface area contributed by atoms with Crippen LogP contribution in [0.2, 0.25) is 0 Å². The summed E-state index contributed by atoms with van der Waals surface area (Å²) in [4.78, 5) is 0.890. The lowest BCUT2D eigenvalue weighted by Crippen LogP contribution is -2.44. The minimum atomic E-state index is -5.37. The van der Waals surface area contributed by atoms with Gasteiger partial charge in [-0.25, -0.2) is 8.42 Å². The Hall–Kier alpha value is -0.800. The van der Waals surface area contributed by atoms with Crippen LogP contribution in [0.25, 0.3) is 0 Å². The molecule has 0 aromatic heterocycles. The molecule has 1 fully saturated rings. The number of alkyl halides is 4. The van der Waals surface area contributed by atoms with Crippen molar-refractivity contribution >= 4 is 31.5 Å². The third-order valence-electron chi connectivity index (χ3n) is 3.11. The van der Waals surface area contributed by atoms with E-state index in [0.717, 1.165) is 6.07 Å². The number of para-hydroxylation sites is 1. The van der Waals surface area contributed by atoms with E-state index in [0.29, 0.717) is 25.0 Å². The van der Waals surface area contributed by atoms with Crippen molar-refractivity contribution in [3.63, 3.8) is 0 Å². The molecule has 118 valence electrons. The summed E-state index contributed by atoms with van der Waals surface area (Å²) in [5.41, 5.74) is -5.26. The standard InChI is InChI=1S/C12H13BrF3NO3S/c13-7-9-8-17(5-6-20-9)10-3-1-2-4-11(10)21(18,19)12(14,15)16/h1-4,9H,5-8H2. The number of benzene rings is 1. The lowest BCUT2D eigenvalue weighted by molar-refractivity contribution is -0.0435. The molecule has 9 heteroatoms. The Morgan fingerprint density at radius 3 is 2.62 bits per heavy atom. The molecule has 1 aliphatic heterocycles. The first-order chi connectivity index (χ1) is 9.77. The third kappa shape index (κ3) is 3.35. The molecule has 2 rings (SSSR count). The predicted octanol–water partition coefficient (Wildman–Crippen LogP) is 2.58. The average Bonchev–Trinajstić information content (AvgIpc) is 2.46. The summed E-state index contributed by atoms with van der Waals surface area (Å²) in [5, 5.41) is 0.525. The topological polar surface area (TPSA) is 46.6 Å². The summed E-state index contributed by atoms with van der Waals surface area (Å²) in [6.45, 7) is 1.00. The highest BCUT2D eigenvalue weighted by atomic mass is 79.9. The number of ether oxygens (including phenoxy) is 1. The molecule has 0 N–H and O–H groups in total. The fourth-order valence-electron chi connectivity index (χ4n) is 2.10. The Kier molecular flexibility index (Phi) is 4.84. The quantitative estimate of drug-likeness (QED) is 0.747. The van der Waals surface area contributed by atoms with Gasteiger partial charge in [0.1, 0.15) is 0 Å². The largest absolute Gasteiger partial charge is 0.501 e. The van der Waals surface area contributed by atoms with Crippen LogP contribution in [0.4, 0.5) is 18.9 Å². The molecule has 1 aromatic carbocycles. The summed E-state index contributed by atoms with van der Waals surface area (Å²) < 4.78 is 67.1. The monoisotopic (exact) mass is 387 g/mol. The lowest BCUT2D eigenvalue weighted by Gasteiger charge is -2.34. The first-order valence-electron chi connectivity index (χ1n) is 6.10. The maximum absolute atomic E-state index is 12.8. The van der Waals surface area contributed by atoms with Gasteiger partial charge in [-0.3, -0.25) is 0 Å². The first-order valence-corrected chi connectivity index (χ1v) is 8.70. The molecular formula is C12H13BrF3NO3S. The van der Waals surface area contributed by atoms with E-state index in [4.69, 9.17) is 4.74 Å². The zero-order chi connectivity index (χ0) is 15.7. The van der Waals surface area contributed by atoms with Gasteiger partial charge < -0.3 is 9.64 Å². The van der Waals surface area contributed by atoms with Crippen molar-refractivity contribution in [1.29, 1.82) is 0 Å². The average molecular weight is 388 g/mol. The SMILES string of the molecule is O=S(=O)(c1ccccc1N1CCOC(CBr)C1)C(F)(F)F. The van der Waals surface area contributed by atoms with E-state index in [2.05, 4.69) is 15.9 Å². The molecule has 1 atom stereocenters. The summed E-state index contributed by atoms with van der Waals surface area (Å²) >= 11 is 3.25. The van der Waals surface area contributed by atoms with E-state index in [9.17, 15) is 21.6 Å². The Balaban J connectivity index is 2.43. The van der Waals surface area contributed by atoms with Gasteiger partial charge in [0.25, 0.3) is 9.84 Å². The summed E-state index contributed by atoms with van der Waals surface area (Å²) in [6.07, 6.45) is -0.194. The second-order valence-corrected chi connectivity index (χ2v) is 7.07. The van der Waals surface area contributed by atoms with Crippen LogP contribution in [0, 0.1) is 0 Å². The molecule has 1 aliphatic rings. The van der Waals surface area contributed by atoms with Crippen molar-refractivity contribution < 1.29 is 26.3 Å². The zero-order valence-corrected chi connectivity index (χ0v) is 13.2. The molecule has 0 radical (unpaired) electrons. The molecular weight excluding hydrogens is 375 g/mol. The number of anilines is 1. The van der Waals surface area contributed by atoms with Crippen LogP contribution in [0.1, 0.15) is 0 Å². The van der Waals surface area contributed by atoms with Crippen LogP contribution < -0.4 is 4.90 Å². The maximum Gasteiger partial charge on any atom is 0.501 e. The van der Waals surface area contributed by atoms with Gasteiger partial charge in [0.15, 0.2) is 0 Å². The molecule has 1 unspecified atom stereocenters. The smallest absolute Gasteiger partial charge is 0.374 e. The van der Waals surface area contributed by atoms with Crippen molar-refractivity contribution in [2.75, 3.05) is 29.9 Å². The molecule has 0 amide bonds. The molecule has 0 saturated carbocycles. The fraction of sp³-hybridized carbons (Fsp3) is 0.500. The summed E-state index contributed by atoms with van der Waals surface area (Å²) in [7, 11) is -5.37. The van der Waals surface area contributed by atoms with Crippen LogP contribution in [-0.4, -0.2) is 45.1 Å². The van der Waals surface area contributed by atoms with Crippen LogP contribution in [0.5, 0.6) is 0 Å². The van der Waals surface area contributed by atoms with Crippen molar-refractivity contribution in [2.45, 2.75) is 16.5 Å². The number of morpholine rings is 1. The van der Waals surface area contributed by atoms with Gasteiger partial charge in [-0.05, 0) is 12.1 Å². The van der Waals surface area contributed by atoms with Gasteiger partial charge in [-0.2, -0.15) is 13.2 Å². The van der Waals surface area contributed by atoms with Gasteiger partial charge in [0.05, 0.1) is 23.3 Å². The van der Waals surface area contributed by atoms with E-state index in [1.165, 1.54) is 18.2 Å². The number of hydrogen-bond donors (Lipinski definition) is 0. The van der Waals surface area contributed by atoms with E-state index in [1.807, 2.05) is 0 Å². The number of halogens is 4. The van der Waals surface area contributed by atoms with E-state index >= 15 is 0 Å². The van der Waals surface area contributed by atoms with E-state index < -0.39 is 20.2 Å². The maximum atomic E-state index is 12.8. The second-order valence-electron chi connectivity index (χ2n) is 4.51. The second kappa shape index (κ2) is 6.13. The van der Waals surface area contributed by atoms with Crippen LogP contribution in [0.3, 0.4) is 0 Å². The molecule has 0 aliphatic carbocycles. The van der Waals surface area contributed by atoms with Crippen molar-refractivity contribution in [3.8, 4) is 0 Å². The molecule has 1 saturated heterocycles. The Bertz CT molecular complexity index is 606.